The second kappa shape index (κ2) is 5.98. The predicted octanol–water partition coefficient (Wildman–Crippen LogP) is 2.69. The maximum atomic E-state index is 10.5. The van der Waals surface area contributed by atoms with Crippen molar-refractivity contribution >= 4 is 29.3 Å². The molecular weight excluding hydrogens is 234 g/mol. The minimum Gasteiger partial charge on any atom is -0.481 e. The van der Waals surface area contributed by atoms with E-state index in [-0.39, 0.29) is 5.92 Å². The molecule has 0 saturated carbocycles. The van der Waals surface area contributed by atoms with E-state index in [1.165, 1.54) is 0 Å². The van der Waals surface area contributed by atoms with Crippen molar-refractivity contribution in [1.82, 2.24) is 4.98 Å². The molecule has 0 aliphatic carbocycles. The summed E-state index contributed by atoms with van der Waals surface area (Å²) in [5, 5.41) is 9.14. The SMILES string of the molecule is CC(CSCc1cccc(Cl)n1)C(=O)O. The molecule has 0 aliphatic heterocycles. The molecule has 1 atom stereocenters. The molecule has 3 nitrogen and oxygen atoms in total. The van der Waals surface area contributed by atoms with E-state index in [1.54, 1.807) is 24.8 Å². The summed E-state index contributed by atoms with van der Waals surface area (Å²) in [5.41, 5.74) is 0.880. The largest absolute Gasteiger partial charge is 0.481 e. The van der Waals surface area contributed by atoms with Crippen molar-refractivity contribution in [2.24, 2.45) is 5.92 Å². The van der Waals surface area contributed by atoms with Crippen molar-refractivity contribution in [3.63, 3.8) is 0 Å². The minimum atomic E-state index is -0.762. The summed E-state index contributed by atoms with van der Waals surface area (Å²) >= 11 is 7.27. The number of rotatable bonds is 5. The maximum Gasteiger partial charge on any atom is 0.307 e. The van der Waals surface area contributed by atoms with Crippen molar-refractivity contribution in [1.29, 1.82) is 0 Å². The Bertz CT molecular complexity index is 346. The molecule has 0 aliphatic rings. The number of halogens is 1. The van der Waals surface area contributed by atoms with Gasteiger partial charge >= 0.3 is 5.97 Å². The molecule has 1 unspecified atom stereocenters. The number of carboxylic acids is 1. The van der Waals surface area contributed by atoms with Crippen molar-refractivity contribution in [3.05, 3.63) is 29.0 Å². The van der Waals surface area contributed by atoms with Gasteiger partial charge in [0, 0.05) is 11.5 Å². The zero-order valence-corrected chi connectivity index (χ0v) is 9.88. The van der Waals surface area contributed by atoms with Crippen LogP contribution in [0.15, 0.2) is 18.2 Å². The molecule has 0 aromatic carbocycles. The van der Waals surface area contributed by atoms with E-state index in [0.717, 1.165) is 5.69 Å². The lowest BCUT2D eigenvalue weighted by molar-refractivity contribution is -0.140. The molecule has 1 aromatic rings. The van der Waals surface area contributed by atoms with Crippen LogP contribution in [0.25, 0.3) is 0 Å². The highest BCUT2D eigenvalue weighted by Crippen LogP contribution is 2.15. The van der Waals surface area contributed by atoms with Crippen LogP contribution < -0.4 is 0 Å². The highest BCUT2D eigenvalue weighted by molar-refractivity contribution is 7.98. The molecule has 1 N–H and O–H groups in total. The van der Waals surface area contributed by atoms with E-state index in [0.29, 0.717) is 16.7 Å². The highest BCUT2D eigenvalue weighted by atomic mass is 35.5. The summed E-state index contributed by atoms with van der Waals surface area (Å²) in [7, 11) is 0. The number of hydrogen-bond acceptors (Lipinski definition) is 3. The zero-order chi connectivity index (χ0) is 11.3. The van der Waals surface area contributed by atoms with Crippen LogP contribution in [0.1, 0.15) is 12.6 Å². The monoisotopic (exact) mass is 245 g/mol. The van der Waals surface area contributed by atoms with Crippen LogP contribution in [0, 0.1) is 5.92 Å². The Kier molecular flexibility index (Phi) is 4.91. The summed E-state index contributed by atoms with van der Waals surface area (Å²) in [5.74, 6) is 0.192. The van der Waals surface area contributed by atoms with Gasteiger partial charge in [-0.15, -0.1) is 0 Å². The maximum absolute atomic E-state index is 10.5. The van der Waals surface area contributed by atoms with Crippen molar-refractivity contribution in [2.75, 3.05) is 5.75 Å². The summed E-state index contributed by atoms with van der Waals surface area (Å²) in [6.07, 6.45) is 0. The lowest BCUT2D eigenvalue weighted by atomic mass is 10.2. The van der Waals surface area contributed by atoms with E-state index in [4.69, 9.17) is 16.7 Å². The fourth-order valence-electron chi connectivity index (χ4n) is 0.942. The van der Waals surface area contributed by atoms with E-state index < -0.39 is 5.97 Å². The molecule has 0 fully saturated rings. The number of aliphatic carboxylic acids is 1. The highest BCUT2D eigenvalue weighted by Gasteiger charge is 2.10. The number of thioether (sulfide) groups is 1. The summed E-state index contributed by atoms with van der Waals surface area (Å²) in [6.45, 7) is 1.70. The van der Waals surface area contributed by atoms with Crippen molar-refractivity contribution in [3.8, 4) is 0 Å². The fraction of sp³-hybridized carbons (Fsp3) is 0.400. The van der Waals surface area contributed by atoms with Crippen LogP contribution in [0.2, 0.25) is 5.15 Å². The number of pyridine rings is 1. The number of nitrogens with zero attached hydrogens (tertiary/aromatic N) is 1. The molecule has 0 bridgehead atoms. The third kappa shape index (κ3) is 4.53. The molecule has 0 saturated heterocycles. The average Bonchev–Trinajstić information content (AvgIpc) is 2.17. The van der Waals surface area contributed by atoms with Gasteiger partial charge < -0.3 is 5.11 Å². The van der Waals surface area contributed by atoms with Gasteiger partial charge in [-0.25, -0.2) is 4.98 Å². The third-order valence-corrected chi connectivity index (χ3v) is 3.26. The normalized spacial score (nSPS) is 12.4. The Morgan fingerprint density at radius 2 is 2.40 bits per heavy atom. The standard InChI is InChI=1S/C10H12ClNO2S/c1-7(10(13)14)5-15-6-8-3-2-4-9(11)12-8/h2-4,7H,5-6H2,1H3,(H,13,14). The van der Waals surface area contributed by atoms with E-state index >= 15 is 0 Å². The first-order valence-corrected chi connectivity index (χ1v) is 6.05. The van der Waals surface area contributed by atoms with Crippen LogP contribution in [0.3, 0.4) is 0 Å². The first-order chi connectivity index (χ1) is 7.09. The predicted molar refractivity (Wildman–Crippen MR) is 62.2 cm³/mol. The molecule has 82 valence electrons. The second-order valence-electron chi connectivity index (χ2n) is 3.21. The van der Waals surface area contributed by atoms with Crippen LogP contribution in [-0.2, 0) is 10.5 Å². The van der Waals surface area contributed by atoms with Crippen LogP contribution >= 0.6 is 23.4 Å². The van der Waals surface area contributed by atoms with E-state index in [9.17, 15) is 4.79 Å². The summed E-state index contributed by atoms with van der Waals surface area (Å²) in [6, 6.07) is 5.44. The molecule has 0 spiro atoms. The van der Waals surface area contributed by atoms with Gasteiger partial charge in [0.2, 0.25) is 0 Å². The van der Waals surface area contributed by atoms with Gasteiger partial charge in [-0.05, 0) is 12.1 Å². The molecule has 1 rings (SSSR count). The molecule has 1 heterocycles. The van der Waals surface area contributed by atoms with Gasteiger partial charge in [-0.2, -0.15) is 11.8 Å². The Hall–Kier alpha value is -0.740. The van der Waals surface area contributed by atoms with Gasteiger partial charge in [-0.1, -0.05) is 24.6 Å². The van der Waals surface area contributed by atoms with Gasteiger partial charge in [-0.3, -0.25) is 4.79 Å². The molecule has 5 heteroatoms. The van der Waals surface area contributed by atoms with Gasteiger partial charge in [0.25, 0.3) is 0 Å². The molecular formula is C10H12ClNO2S. The number of aromatic nitrogens is 1. The quantitative estimate of drug-likeness (QED) is 0.811. The summed E-state index contributed by atoms with van der Waals surface area (Å²) in [4.78, 5) is 14.7. The number of carboxylic acid groups (broad SMARTS) is 1. The Morgan fingerprint density at radius 3 is 3.00 bits per heavy atom. The Morgan fingerprint density at radius 1 is 1.67 bits per heavy atom. The average molecular weight is 246 g/mol. The first-order valence-electron chi connectivity index (χ1n) is 4.51. The first kappa shape index (κ1) is 12.3. The van der Waals surface area contributed by atoms with E-state index in [2.05, 4.69) is 4.98 Å². The van der Waals surface area contributed by atoms with Gasteiger partial charge in [0.15, 0.2) is 0 Å². The van der Waals surface area contributed by atoms with Crippen molar-refractivity contribution < 1.29 is 9.90 Å². The number of hydrogen-bond donors (Lipinski definition) is 1. The fourth-order valence-corrected chi connectivity index (χ4v) is 2.11. The molecule has 1 aromatic heterocycles. The lowest BCUT2D eigenvalue weighted by Crippen LogP contribution is -2.11. The topological polar surface area (TPSA) is 50.2 Å². The second-order valence-corrected chi connectivity index (χ2v) is 4.62. The van der Waals surface area contributed by atoms with Crippen LogP contribution in [0.5, 0.6) is 0 Å². The van der Waals surface area contributed by atoms with Crippen LogP contribution in [-0.4, -0.2) is 21.8 Å². The van der Waals surface area contributed by atoms with Crippen LogP contribution in [0.4, 0.5) is 0 Å². The van der Waals surface area contributed by atoms with Gasteiger partial charge in [0.05, 0.1) is 11.6 Å². The minimum absolute atomic E-state index is 0.325. The van der Waals surface area contributed by atoms with Crippen molar-refractivity contribution in [2.45, 2.75) is 12.7 Å². The molecule has 0 radical (unpaired) electrons. The number of carbonyl (C=O) groups is 1. The zero-order valence-electron chi connectivity index (χ0n) is 8.31. The Labute approximate surface area is 97.9 Å². The smallest absolute Gasteiger partial charge is 0.307 e. The van der Waals surface area contributed by atoms with E-state index in [1.807, 2.05) is 12.1 Å². The van der Waals surface area contributed by atoms with Gasteiger partial charge in [0.1, 0.15) is 5.15 Å². The Balaban J connectivity index is 2.35. The lowest BCUT2D eigenvalue weighted by Gasteiger charge is -2.05. The molecule has 15 heavy (non-hydrogen) atoms. The molecule has 0 amide bonds. The summed E-state index contributed by atoms with van der Waals surface area (Å²) < 4.78 is 0. The third-order valence-electron chi connectivity index (χ3n) is 1.81.